The number of hydrogen-bond acceptors (Lipinski definition) is 7. The highest BCUT2D eigenvalue weighted by Gasteiger charge is 2.36. The first-order valence-corrected chi connectivity index (χ1v) is 10.9. The van der Waals surface area contributed by atoms with Crippen molar-refractivity contribution in [2.24, 2.45) is 0 Å². The number of thiocarbonyl (C=S) groups is 1. The molecule has 0 aliphatic carbocycles. The molecular weight excluding hydrogens is 468 g/mol. The zero-order valence-electron chi connectivity index (χ0n) is 18.6. The normalized spacial score (nSPS) is 14.9. The van der Waals surface area contributed by atoms with Crippen LogP contribution in [0.5, 0.6) is 23.0 Å². The third-order valence-electron chi connectivity index (χ3n) is 4.66. The number of amides is 2. The van der Waals surface area contributed by atoms with Crippen LogP contribution in [0.25, 0.3) is 6.08 Å². The minimum Gasteiger partial charge on any atom is -0.497 e. The second-order valence-corrected chi connectivity index (χ2v) is 7.49. The van der Waals surface area contributed by atoms with E-state index in [1.807, 2.05) is 13.8 Å². The van der Waals surface area contributed by atoms with Crippen molar-refractivity contribution < 1.29 is 28.5 Å². The van der Waals surface area contributed by atoms with Crippen molar-refractivity contribution in [1.82, 2.24) is 5.32 Å². The molecule has 2 aromatic carbocycles. The van der Waals surface area contributed by atoms with E-state index in [9.17, 15) is 9.59 Å². The third kappa shape index (κ3) is 5.04. The van der Waals surface area contributed by atoms with E-state index in [1.54, 1.807) is 30.3 Å². The van der Waals surface area contributed by atoms with Gasteiger partial charge >= 0.3 is 0 Å². The molecule has 0 unspecified atom stereocenters. The molecule has 0 bridgehead atoms. The Morgan fingerprint density at radius 1 is 1.03 bits per heavy atom. The van der Waals surface area contributed by atoms with Crippen LogP contribution in [0.15, 0.2) is 35.9 Å². The first-order chi connectivity index (χ1) is 15.8. The van der Waals surface area contributed by atoms with Crippen molar-refractivity contribution in [3.63, 3.8) is 0 Å². The Kier molecular flexibility index (Phi) is 7.78. The molecule has 10 heteroatoms. The molecule has 1 fully saturated rings. The Hall–Kier alpha value is -3.30. The summed E-state index contributed by atoms with van der Waals surface area (Å²) in [5.74, 6) is 0.452. The van der Waals surface area contributed by atoms with E-state index in [4.69, 9.17) is 42.8 Å². The molecule has 0 atom stereocenters. The largest absolute Gasteiger partial charge is 0.497 e. The Bertz CT molecular complexity index is 1130. The summed E-state index contributed by atoms with van der Waals surface area (Å²) in [6.07, 6.45) is 1.42. The van der Waals surface area contributed by atoms with Gasteiger partial charge in [-0.25, -0.2) is 4.90 Å². The van der Waals surface area contributed by atoms with Gasteiger partial charge in [-0.15, -0.1) is 0 Å². The second-order valence-electron chi connectivity index (χ2n) is 6.69. The molecule has 2 aromatic rings. The van der Waals surface area contributed by atoms with E-state index in [-0.39, 0.29) is 10.7 Å². The number of benzene rings is 2. The number of rotatable bonds is 8. The van der Waals surface area contributed by atoms with Crippen molar-refractivity contribution in [2.45, 2.75) is 13.8 Å². The van der Waals surface area contributed by atoms with Gasteiger partial charge < -0.3 is 18.9 Å². The van der Waals surface area contributed by atoms with Crippen LogP contribution in [0.4, 0.5) is 5.69 Å². The van der Waals surface area contributed by atoms with Crippen LogP contribution in [0.2, 0.25) is 5.02 Å². The summed E-state index contributed by atoms with van der Waals surface area (Å²) in [6.45, 7) is 4.44. The number of hydrogen-bond donors (Lipinski definition) is 1. The van der Waals surface area contributed by atoms with E-state index in [0.717, 1.165) is 0 Å². The lowest BCUT2D eigenvalue weighted by molar-refractivity contribution is -0.122. The van der Waals surface area contributed by atoms with Gasteiger partial charge in [0.15, 0.2) is 16.6 Å². The molecule has 1 heterocycles. The minimum absolute atomic E-state index is 0.0645. The lowest BCUT2D eigenvalue weighted by atomic mass is 10.1. The predicted octanol–water partition coefficient (Wildman–Crippen LogP) is 3.99. The highest BCUT2D eigenvalue weighted by Crippen LogP contribution is 2.38. The van der Waals surface area contributed by atoms with Crippen LogP contribution in [-0.4, -0.2) is 44.4 Å². The molecule has 174 valence electrons. The van der Waals surface area contributed by atoms with Gasteiger partial charge in [0.05, 0.1) is 38.1 Å². The fourth-order valence-corrected chi connectivity index (χ4v) is 3.78. The summed E-state index contributed by atoms with van der Waals surface area (Å²) >= 11 is 11.6. The van der Waals surface area contributed by atoms with E-state index < -0.39 is 11.8 Å². The van der Waals surface area contributed by atoms with Crippen molar-refractivity contribution in [1.29, 1.82) is 0 Å². The number of carbonyl (C=O) groups excluding carboxylic acids is 2. The minimum atomic E-state index is -0.628. The Morgan fingerprint density at radius 2 is 1.76 bits per heavy atom. The Labute approximate surface area is 202 Å². The number of nitrogens with one attached hydrogen (secondary N) is 1. The maximum atomic E-state index is 13.4. The van der Waals surface area contributed by atoms with Gasteiger partial charge in [-0.05, 0) is 62.0 Å². The molecule has 8 nitrogen and oxygen atoms in total. The number of nitrogens with zero attached hydrogens (tertiary/aromatic N) is 1. The average molecular weight is 491 g/mol. The number of anilines is 1. The van der Waals surface area contributed by atoms with Gasteiger partial charge in [0.2, 0.25) is 0 Å². The molecule has 1 aliphatic rings. The van der Waals surface area contributed by atoms with Crippen molar-refractivity contribution in [3.05, 3.63) is 46.5 Å². The fraction of sp³-hybridized carbons (Fsp3) is 0.261. The summed E-state index contributed by atoms with van der Waals surface area (Å²) in [5, 5.41) is 2.78. The second kappa shape index (κ2) is 10.5. The van der Waals surface area contributed by atoms with Crippen LogP contribution >= 0.6 is 23.8 Å². The lowest BCUT2D eigenvalue weighted by Gasteiger charge is -2.30. The van der Waals surface area contributed by atoms with Crippen molar-refractivity contribution in [3.8, 4) is 23.0 Å². The number of methoxy groups -OCH3 is 2. The summed E-state index contributed by atoms with van der Waals surface area (Å²) in [5.41, 5.74) is 0.711. The van der Waals surface area contributed by atoms with Gasteiger partial charge in [-0.1, -0.05) is 11.6 Å². The third-order valence-corrected chi connectivity index (χ3v) is 5.23. The molecule has 0 aromatic heterocycles. The quantitative estimate of drug-likeness (QED) is 0.340. The van der Waals surface area contributed by atoms with Gasteiger partial charge in [0.25, 0.3) is 11.8 Å². The fourth-order valence-electron chi connectivity index (χ4n) is 3.23. The Morgan fingerprint density at radius 3 is 2.39 bits per heavy atom. The highest BCUT2D eigenvalue weighted by atomic mass is 35.5. The van der Waals surface area contributed by atoms with E-state index in [1.165, 1.54) is 25.2 Å². The molecule has 3 rings (SSSR count). The van der Waals surface area contributed by atoms with Crippen molar-refractivity contribution in [2.75, 3.05) is 32.3 Å². The molecule has 2 amide bonds. The molecule has 0 saturated carbocycles. The number of halogens is 1. The molecule has 1 aliphatic heterocycles. The van der Waals surface area contributed by atoms with E-state index in [0.29, 0.717) is 52.5 Å². The van der Waals surface area contributed by atoms with Gasteiger partial charge in [-0.3, -0.25) is 14.9 Å². The smallest absolute Gasteiger partial charge is 0.270 e. The van der Waals surface area contributed by atoms with Gasteiger partial charge in [0, 0.05) is 6.07 Å². The lowest BCUT2D eigenvalue weighted by Crippen LogP contribution is -2.54. The van der Waals surface area contributed by atoms with Crippen LogP contribution in [0, 0.1) is 0 Å². The zero-order chi connectivity index (χ0) is 24.1. The maximum absolute atomic E-state index is 13.4. The Balaban J connectivity index is 2.06. The predicted molar refractivity (Wildman–Crippen MR) is 130 cm³/mol. The molecule has 0 spiro atoms. The molecule has 1 N–H and O–H groups in total. The van der Waals surface area contributed by atoms with E-state index >= 15 is 0 Å². The molecular formula is C23H23ClN2O6S. The molecule has 1 saturated heterocycles. The first-order valence-electron chi connectivity index (χ1n) is 10.1. The number of carbonyl (C=O) groups is 2. The molecule has 33 heavy (non-hydrogen) atoms. The topological polar surface area (TPSA) is 86.3 Å². The molecule has 0 radical (unpaired) electrons. The van der Waals surface area contributed by atoms with Crippen molar-refractivity contribution >= 4 is 52.5 Å². The van der Waals surface area contributed by atoms with E-state index in [2.05, 4.69) is 5.32 Å². The summed E-state index contributed by atoms with van der Waals surface area (Å²) in [6, 6.07) is 8.14. The van der Waals surface area contributed by atoms with Crippen LogP contribution in [-0.2, 0) is 9.59 Å². The summed E-state index contributed by atoms with van der Waals surface area (Å²) < 4.78 is 21.8. The highest BCUT2D eigenvalue weighted by molar-refractivity contribution is 7.80. The van der Waals surface area contributed by atoms with Crippen LogP contribution in [0.1, 0.15) is 19.4 Å². The average Bonchev–Trinajstić information content (AvgIpc) is 2.79. The standard InChI is InChI=1S/C23H23ClN2O6S/c1-5-31-19-11-13(10-16(24)20(19)32-6-2)9-15-21(27)25-23(33)26(22(15)28)17-8-7-14(29-3)12-18(17)30-4/h7-12H,5-6H2,1-4H3,(H,25,27,33)/b15-9+. The SMILES string of the molecule is CCOc1cc(/C=C2\C(=O)NC(=S)N(c3ccc(OC)cc3OC)C2=O)cc(Cl)c1OCC. The monoisotopic (exact) mass is 490 g/mol. The van der Waals surface area contributed by atoms with Gasteiger partial charge in [0.1, 0.15) is 17.1 Å². The summed E-state index contributed by atoms with van der Waals surface area (Å²) in [7, 11) is 2.98. The number of ether oxygens (including phenoxy) is 4. The maximum Gasteiger partial charge on any atom is 0.270 e. The van der Waals surface area contributed by atoms with Gasteiger partial charge in [-0.2, -0.15) is 0 Å². The van der Waals surface area contributed by atoms with Crippen LogP contribution < -0.4 is 29.2 Å². The zero-order valence-corrected chi connectivity index (χ0v) is 20.1. The first kappa shape index (κ1) is 24.3. The summed E-state index contributed by atoms with van der Waals surface area (Å²) in [4.78, 5) is 27.2. The van der Waals surface area contributed by atoms with Crippen LogP contribution in [0.3, 0.4) is 0 Å².